The van der Waals surface area contributed by atoms with Crippen LogP contribution in [0.3, 0.4) is 0 Å². The van der Waals surface area contributed by atoms with Crippen molar-refractivity contribution >= 4 is 16.8 Å². The van der Waals surface area contributed by atoms with E-state index < -0.39 is 0 Å². The van der Waals surface area contributed by atoms with Crippen LogP contribution in [0, 0.1) is 6.92 Å². The van der Waals surface area contributed by atoms with E-state index in [4.69, 9.17) is 0 Å². The van der Waals surface area contributed by atoms with E-state index in [2.05, 4.69) is 50.3 Å². The van der Waals surface area contributed by atoms with Crippen molar-refractivity contribution in [3.05, 3.63) is 52.6 Å². The fourth-order valence-corrected chi connectivity index (χ4v) is 2.57. The SMILES string of the molecule is CC1=Cc2cc(C)c3ccccc3c2C1. The monoisotopic (exact) mass is 194 g/mol. The Morgan fingerprint density at radius 3 is 2.53 bits per heavy atom. The fourth-order valence-electron chi connectivity index (χ4n) is 2.57. The van der Waals surface area contributed by atoms with Gasteiger partial charge in [0.25, 0.3) is 0 Å². The van der Waals surface area contributed by atoms with Gasteiger partial charge in [-0.1, -0.05) is 42.0 Å². The quantitative estimate of drug-likeness (QED) is 0.592. The summed E-state index contributed by atoms with van der Waals surface area (Å²) < 4.78 is 0. The molecule has 3 rings (SSSR count). The molecule has 0 amide bonds. The van der Waals surface area contributed by atoms with Crippen molar-refractivity contribution < 1.29 is 0 Å². The zero-order valence-corrected chi connectivity index (χ0v) is 9.17. The first-order chi connectivity index (χ1) is 7.25. The Labute approximate surface area is 90.2 Å². The molecule has 0 aromatic heterocycles. The van der Waals surface area contributed by atoms with Gasteiger partial charge in [0.05, 0.1) is 0 Å². The van der Waals surface area contributed by atoms with Crippen LogP contribution in [0.15, 0.2) is 35.9 Å². The summed E-state index contributed by atoms with van der Waals surface area (Å²) in [7, 11) is 0. The molecule has 0 nitrogen and oxygen atoms in total. The van der Waals surface area contributed by atoms with E-state index in [1.54, 1.807) is 0 Å². The van der Waals surface area contributed by atoms with Crippen LogP contribution in [0.2, 0.25) is 0 Å². The molecule has 0 bridgehead atoms. The van der Waals surface area contributed by atoms with Gasteiger partial charge in [0.2, 0.25) is 0 Å². The number of allylic oxidation sites excluding steroid dienone is 1. The van der Waals surface area contributed by atoms with E-state index in [9.17, 15) is 0 Å². The van der Waals surface area contributed by atoms with Gasteiger partial charge in [0.15, 0.2) is 0 Å². The Bertz CT molecular complexity index is 574. The van der Waals surface area contributed by atoms with Crippen molar-refractivity contribution in [2.45, 2.75) is 20.3 Å². The van der Waals surface area contributed by atoms with Gasteiger partial charge in [-0.15, -0.1) is 0 Å². The summed E-state index contributed by atoms with van der Waals surface area (Å²) in [4.78, 5) is 0. The standard InChI is InChI=1S/C15H14/c1-10-7-12-9-11(2)13-5-3-4-6-14(13)15(12)8-10/h3-7,9H,8H2,1-2H3. The molecule has 0 heteroatoms. The number of fused-ring (bicyclic) bond motifs is 3. The highest BCUT2D eigenvalue weighted by Crippen LogP contribution is 2.33. The molecule has 1 aliphatic carbocycles. The molecule has 1 aliphatic rings. The molecule has 0 heterocycles. The number of benzene rings is 2. The normalized spacial score (nSPS) is 14.1. The van der Waals surface area contributed by atoms with Gasteiger partial charge in [0, 0.05) is 0 Å². The van der Waals surface area contributed by atoms with Crippen LogP contribution in [0.5, 0.6) is 0 Å². The predicted octanol–water partition coefficient (Wildman–Crippen LogP) is 4.11. The second-order valence-electron chi connectivity index (χ2n) is 4.47. The molecule has 2 aromatic carbocycles. The average Bonchev–Trinajstić information content (AvgIpc) is 2.59. The van der Waals surface area contributed by atoms with Crippen molar-refractivity contribution in [2.24, 2.45) is 0 Å². The Hall–Kier alpha value is -1.56. The first kappa shape index (κ1) is 8.72. The molecule has 0 unspecified atom stereocenters. The van der Waals surface area contributed by atoms with E-state index in [-0.39, 0.29) is 0 Å². The lowest BCUT2D eigenvalue weighted by Crippen LogP contribution is -1.88. The molecule has 2 aromatic rings. The van der Waals surface area contributed by atoms with Crippen molar-refractivity contribution in [3.63, 3.8) is 0 Å². The van der Waals surface area contributed by atoms with E-state index in [1.807, 2.05) is 0 Å². The highest BCUT2D eigenvalue weighted by molar-refractivity contribution is 5.93. The fraction of sp³-hybridized carbons (Fsp3) is 0.200. The molecule has 0 aliphatic heterocycles. The molecule has 74 valence electrons. The van der Waals surface area contributed by atoms with E-state index in [0.29, 0.717) is 0 Å². The number of hydrogen-bond acceptors (Lipinski definition) is 0. The third-order valence-corrected chi connectivity index (χ3v) is 3.26. The van der Waals surface area contributed by atoms with Crippen molar-refractivity contribution in [2.75, 3.05) is 0 Å². The first-order valence-electron chi connectivity index (χ1n) is 5.44. The minimum absolute atomic E-state index is 1.12. The summed E-state index contributed by atoms with van der Waals surface area (Å²) in [5, 5.41) is 2.83. The molecule has 0 radical (unpaired) electrons. The number of aryl methyl sites for hydroxylation is 1. The topological polar surface area (TPSA) is 0 Å². The van der Waals surface area contributed by atoms with Crippen LogP contribution in [-0.4, -0.2) is 0 Å². The minimum Gasteiger partial charge on any atom is -0.0683 e. The van der Waals surface area contributed by atoms with Gasteiger partial charge in [0.1, 0.15) is 0 Å². The van der Waals surface area contributed by atoms with Gasteiger partial charge >= 0.3 is 0 Å². The second-order valence-corrected chi connectivity index (χ2v) is 4.47. The maximum absolute atomic E-state index is 2.31. The average molecular weight is 194 g/mol. The highest BCUT2D eigenvalue weighted by atomic mass is 14.2. The largest absolute Gasteiger partial charge is 0.0683 e. The lowest BCUT2D eigenvalue weighted by molar-refractivity contribution is 1.21. The highest BCUT2D eigenvalue weighted by Gasteiger charge is 2.13. The Morgan fingerprint density at radius 2 is 1.73 bits per heavy atom. The minimum atomic E-state index is 1.12. The summed E-state index contributed by atoms with van der Waals surface area (Å²) in [6, 6.07) is 11.0. The van der Waals surface area contributed by atoms with Crippen LogP contribution in [0.4, 0.5) is 0 Å². The van der Waals surface area contributed by atoms with Crippen molar-refractivity contribution in [1.29, 1.82) is 0 Å². The van der Waals surface area contributed by atoms with Gasteiger partial charge < -0.3 is 0 Å². The molecular weight excluding hydrogens is 180 g/mol. The van der Waals surface area contributed by atoms with Crippen LogP contribution < -0.4 is 0 Å². The van der Waals surface area contributed by atoms with E-state index in [0.717, 1.165) is 6.42 Å². The van der Waals surface area contributed by atoms with Gasteiger partial charge in [-0.05, 0) is 47.7 Å². The van der Waals surface area contributed by atoms with Gasteiger partial charge in [-0.2, -0.15) is 0 Å². The third kappa shape index (κ3) is 1.21. The molecular formula is C15H14. The third-order valence-electron chi connectivity index (χ3n) is 3.26. The molecule has 0 saturated carbocycles. The van der Waals surface area contributed by atoms with Crippen LogP contribution in [-0.2, 0) is 6.42 Å². The zero-order valence-electron chi connectivity index (χ0n) is 9.17. The van der Waals surface area contributed by atoms with Crippen molar-refractivity contribution in [3.8, 4) is 0 Å². The van der Waals surface area contributed by atoms with Crippen molar-refractivity contribution in [1.82, 2.24) is 0 Å². The van der Waals surface area contributed by atoms with E-state index >= 15 is 0 Å². The predicted molar refractivity (Wildman–Crippen MR) is 66.0 cm³/mol. The molecule has 0 atom stereocenters. The van der Waals surface area contributed by atoms with Crippen LogP contribution in [0.25, 0.3) is 16.8 Å². The Morgan fingerprint density at radius 1 is 1.00 bits per heavy atom. The number of rotatable bonds is 0. The van der Waals surface area contributed by atoms with E-state index in [1.165, 1.54) is 33.0 Å². The molecule has 15 heavy (non-hydrogen) atoms. The first-order valence-corrected chi connectivity index (χ1v) is 5.44. The van der Waals surface area contributed by atoms with Crippen LogP contribution >= 0.6 is 0 Å². The Balaban J connectivity index is 2.43. The second kappa shape index (κ2) is 2.96. The maximum Gasteiger partial charge on any atom is -0.00544 e. The summed E-state index contributed by atoms with van der Waals surface area (Å²) in [5.41, 5.74) is 5.79. The summed E-state index contributed by atoms with van der Waals surface area (Å²) >= 11 is 0. The Kier molecular flexibility index (Phi) is 1.72. The molecule has 0 saturated heterocycles. The maximum atomic E-state index is 2.31. The smallest absolute Gasteiger partial charge is 0.00544 e. The number of hydrogen-bond donors (Lipinski definition) is 0. The molecule has 0 fully saturated rings. The lowest BCUT2D eigenvalue weighted by Gasteiger charge is -2.08. The summed E-state index contributed by atoms with van der Waals surface area (Å²) in [6.45, 7) is 4.41. The lowest BCUT2D eigenvalue weighted by atomic mass is 9.96. The molecule has 0 spiro atoms. The summed E-state index contributed by atoms with van der Waals surface area (Å²) in [5.74, 6) is 0. The van der Waals surface area contributed by atoms with Gasteiger partial charge in [-0.3, -0.25) is 0 Å². The zero-order chi connectivity index (χ0) is 10.4. The van der Waals surface area contributed by atoms with Gasteiger partial charge in [-0.25, -0.2) is 0 Å². The summed E-state index contributed by atoms with van der Waals surface area (Å²) in [6.07, 6.45) is 3.44. The van der Waals surface area contributed by atoms with Crippen LogP contribution in [0.1, 0.15) is 23.6 Å². The molecule has 0 N–H and O–H groups in total.